The summed E-state index contributed by atoms with van der Waals surface area (Å²) in [5, 5.41) is 5.43. The predicted octanol–water partition coefficient (Wildman–Crippen LogP) is 2.50. The summed E-state index contributed by atoms with van der Waals surface area (Å²) in [7, 11) is 2.99. The number of methoxy groups -OCH3 is 2. The zero-order valence-electron chi connectivity index (χ0n) is 16.5. The van der Waals surface area contributed by atoms with Crippen molar-refractivity contribution < 1.29 is 23.9 Å². The van der Waals surface area contributed by atoms with Crippen molar-refractivity contribution in [3.05, 3.63) is 54.1 Å². The van der Waals surface area contributed by atoms with Crippen molar-refractivity contribution in [2.75, 3.05) is 26.1 Å². The molecule has 0 spiro atoms. The van der Waals surface area contributed by atoms with Crippen LogP contribution in [-0.2, 0) is 15.1 Å². The fourth-order valence-electron chi connectivity index (χ4n) is 3.37. The maximum absolute atomic E-state index is 13.1. The van der Waals surface area contributed by atoms with Gasteiger partial charge in [-0.2, -0.15) is 0 Å². The number of urea groups is 1. The first-order valence-corrected chi connectivity index (χ1v) is 9.16. The molecule has 8 nitrogen and oxygen atoms in total. The molecule has 0 radical (unpaired) electrons. The molecule has 0 bridgehead atoms. The van der Waals surface area contributed by atoms with E-state index in [1.165, 1.54) is 14.2 Å². The quantitative estimate of drug-likeness (QED) is 0.700. The van der Waals surface area contributed by atoms with Gasteiger partial charge in [-0.25, -0.2) is 4.79 Å². The van der Waals surface area contributed by atoms with Gasteiger partial charge in [-0.05, 0) is 24.1 Å². The number of rotatable bonds is 7. The summed E-state index contributed by atoms with van der Waals surface area (Å²) in [6.45, 7) is 1.41. The molecular formula is C21H23N3O5. The monoisotopic (exact) mass is 397 g/mol. The molecule has 1 atom stereocenters. The number of nitrogens with zero attached hydrogens (tertiary/aromatic N) is 1. The standard InChI is InChI=1S/C21H23N3O5/c1-4-21(14-8-6-5-7-9-14)19(26)24(20(27)23-21)13-18(25)22-16-11-10-15(28-2)12-17(16)29-3/h5-12H,4,13H2,1-3H3,(H,22,25)(H,23,27)/t21-/m1/s1. The molecule has 2 aromatic carbocycles. The molecule has 29 heavy (non-hydrogen) atoms. The van der Waals surface area contributed by atoms with Gasteiger partial charge in [0.1, 0.15) is 23.6 Å². The minimum absolute atomic E-state index is 0.367. The van der Waals surface area contributed by atoms with Crippen LogP contribution in [0.1, 0.15) is 18.9 Å². The van der Waals surface area contributed by atoms with E-state index in [2.05, 4.69) is 10.6 Å². The first-order chi connectivity index (χ1) is 13.9. The Balaban J connectivity index is 1.77. The highest BCUT2D eigenvalue weighted by Crippen LogP contribution is 2.33. The summed E-state index contributed by atoms with van der Waals surface area (Å²) in [6, 6.07) is 13.3. The molecule has 1 heterocycles. The largest absolute Gasteiger partial charge is 0.497 e. The van der Waals surface area contributed by atoms with E-state index >= 15 is 0 Å². The Kier molecular flexibility index (Phi) is 5.72. The molecular weight excluding hydrogens is 374 g/mol. The van der Waals surface area contributed by atoms with Crippen LogP contribution in [0.25, 0.3) is 0 Å². The SMILES string of the molecule is CC[C@]1(c2ccccc2)NC(=O)N(CC(=O)Nc2ccc(OC)cc2OC)C1=O. The van der Waals surface area contributed by atoms with E-state index in [0.717, 1.165) is 4.90 Å². The van der Waals surface area contributed by atoms with Gasteiger partial charge in [0.25, 0.3) is 5.91 Å². The molecule has 0 unspecified atom stereocenters. The van der Waals surface area contributed by atoms with E-state index in [1.54, 1.807) is 42.5 Å². The van der Waals surface area contributed by atoms with E-state index in [-0.39, 0.29) is 0 Å². The Morgan fingerprint density at radius 3 is 2.45 bits per heavy atom. The minimum Gasteiger partial charge on any atom is -0.497 e. The minimum atomic E-state index is -1.17. The lowest BCUT2D eigenvalue weighted by Gasteiger charge is -2.25. The molecule has 8 heteroatoms. The topological polar surface area (TPSA) is 97.0 Å². The number of ether oxygens (including phenoxy) is 2. The molecule has 1 fully saturated rings. The molecule has 152 valence electrons. The summed E-state index contributed by atoms with van der Waals surface area (Å²) in [5.41, 5.74) is -0.0769. The van der Waals surface area contributed by atoms with Crippen molar-refractivity contribution in [3.63, 3.8) is 0 Å². The number of anilines is 1. The molecule has 2 N–H and O–H groups in total. The smallest absolute Gasteiger partial charge is 0.325 e. The zero-order chi connectivity index (χ0) is 21.0. The van der Waals surface area contributed by atoms with Gasteiger partial charge in [0.2, 0.25) is 5.91 Å². The fourth-order valence-corrected chi connectivity index (χ4v) is 3.37. The van der Waals surface area contributed by atoms with Crippen LogP contribution in [0.2, 0.25) is 0 Å². The van der Waals surface area contributed by atoms with Crippen molar-refractivity contribution in [3.8, 4) is 11.5 Å². The van der Waals surface area contributed by atoms with E-state index < -0.39 is 29.9 Å². The second-order valence-electron chi connectivity index (χ2n) is 6.56. The number of nitrogens with one attached hydrogen (secondary N) is 2. The molecule has 0 saturated carbocycles. The van der Waals surface area contributed by atoms with Crippen LogP contribution in [0, 0.1) is 0 Å². The average Bonchev–Trinajstić information content (AvgIpc) is 2.99. The first-order valence-electron chi connectivity index (χ1n) is 9.16. The third-order valence-electron chi connectivity index (χ3n) is 4.96. The molecule has 3 rings (SSSR count). The molecule has 1 aliphatic rings. The highest BCUT2D eigenvalue weighted by atomic mass is 16.5. The van der Waals surface area contributed by atoms with Gasteiger partial charge in [0, 0.05) is 6.07 Å². The van der Waals surface area contributed by atoms with Crippen molar-refractivity contribution in [1.29, 1.82) is 0 Å². The molecule has 1 aliphatic heterocycles. The lowest BCUT2D eigenvalue weighted by Crippen LogP contribution is -2.44. The van der Waals surface area contributed by atoms with Crippen LogP contribution in [0.15, 0.2) is 48.5 Å². The van der Waals surface area contributed by atoms with Crippen LogP contribution in [0.5, 0.6) is 11.5 Å². The van der Waals surface area contributed by atoms with Crippen molar-refractivity contribution in [1.82, 2.24) is 10.2 Å². The van der Waals surface area contributed by atoms with Crippen molar-refractivity contribution in [2.45, 2.75) is 18.9 Å². The second kappa shape index (κ2) is 8.22. The van der Waals surface area contributed by atoms with Gasteiger partial charge in [0.15, 0.2) is 0 Å². The number of benzene rings is 2. The molecule has 0 aliphatic carbocycles. The molecule has 4 amide bonds. The molecule has 2 aromatic rings. The van der Waals surface area contributed by atoms with Gasteiger partial charge in [-0.3, -0.25) is 14.5 Å². The highest BCUT2D eigenvalue weighted by Gasteiger charge is 2.51. The summed E-state index contributed by atoms with van der Waals surface area (Å²) in [4.78, 5) is 39.1. The zero-order valence-corrected chi connectivity index (χ0v) is 16.5. The number of imide groups is 1. The van der Waals surface area contributed by atoms with Gasteiger partial charge in [-0.15, -0.1) is 0 Å². The third kappa shape index (κ3) is 3.73. The maximum Gasteiger partial charge on any atom is 0.325 e. The maximum atomic E-state index is 13.1. The van der Waals surface area contributed by atoms with Gasteiger partial charge < -0.3 is 20.1 Å². The number of hydrogen-bond acceptors (Lipinski definition) is 5. The Bertz CT molecular complexity index is 931. The van der Waals surface area contributed by atoms with Crippen molar-refractivity contribution in [2.24, 2.45) is 0 Å². The summed E-state index contributed by atoms with van der Waals surface area (Å²) in [5.74, 6) is 0.0107. The van der Waals surface area contributed by atoms with Gasteiger partial charge in [-0.1, -0.05) is 37.3 Å². The number of amides is 4. The van der Waals surface area contributed by atoms with E-state index in [1.807, 2.05) is 13.0 Å². The number of carbonyl (C=O) groups excluding carboxylic acids is 3. The summed E-state index contributed by atoms with van der Waals surface area (Å²) >= 11 is 0. The van der Waals surface area contributed by atoms with Crippen LogP contribution in [0.3, 0.4) is 0 Å². The second-order valence-corrected chi connectivity index (χ2v) is 6.56. The molecule has 0 aromatic heterocycles. The highest BCUT2D eigenvalue weighted by molar-refractivity contribution is 6.10. The summed E-state index contributed by atoms with van der Waals surface area (Å²) < 4.78 is 10.4. The average molecular weight is 397 g/mol. The lowest BCUT2D eigenvalue weighted by molar-refractivity contribution is -0.134. The normalized spacial score (nSPS) is 18.4. The summed E-state index contributed by atoms with van der Waals surface area (Å²) in [6.07, 6.45) is 0.367. The number of carbonyl (C=O) groups is 3. The van der Waals surface area contributed by atoms with Gasteiger partial charge in [0.05, 0.1) is 19.9 Å². The Morgan fingerprint density at radius 2 is 1.83 bits per heavy atom. The lowest BCUT2D eigenvalue weighted by atomic mass is 9.87. The molecule has 1 saturated heterocycles. The Labute approximate surface area is 168 Å². The van der Waals surface area contributed by atoms with Crippen LogP contribution in [0.4, 0.5) is 10.5 Å². The van der Waals surface area contributed by atoms with Crippen LogP contribution in [-0.4, -0.2) is 43.5 Å². The van der Waals surface area contributed by atoms with Crippen molar-refractivity contribution >= 4 is 23.5 Å². The predicted molar refractivity (Wildman–Crippen MR) is 107 cm³/mol. The fraction of sp³-hybridized carbons (Fsp3) is 0.286. The van der Waals surface area contributed by atoms with E-state index in [4.69, 9.17) is 9.47 Å². The third-order valence-corrected chi connectivity index (χ3v) is 4.96. The van der Waals surface area contributed by atoms with Gasteiger partial charge >= 0.3 is 6.03 Å². The number of hydrogen-bond donors (Lipinski definition) is 2. The Hall–Kier alpha value is -3.55. The Morgan fingerprint density at radius 1 is 1.10 bits per heavy atom. The van der Waals surface area contributed by atoms with Crippen LogP contribution >= 0.6 is 0 Å². The first kappa shape index (κ1) is 20.2. The van der Waals surface area contributed by atoms with E-state index in [9.17, 15) is 14.4 Å². The van der Waals surface area contributed by atoms with E-state index in [0.29, 0.717) is 29.2 Å². The van der Waals surface area contributed by atoms with Crippen LogP contribution < -0.4 is 20.1 Å².